The van der Waals surface area contributed by atoms with E-state index in [1.807, 2.05) is 0 Å². The summed E-state index contributed by atoms with van der Waals surface area (Å²) in [6.07, 6.45) is 2.38. The van der Waals surface area contributed by atoms with Gasteiger partial charge in [-0.1, -0.05) is 48.6 Å². The number of nitrogens with one attached hydrogen (secondary N) is 1. The van der Waals surface area contributed by atoms with Crippen LogP contribution in [0, 0.1) is 0 Å². The first-order chi connectivity index (χ1) is 17.0. The van der Waals surface area contributed by atoms with Gasteiger partial charge in [-0.3, -0.25) is 9.69 Å². The second-order valence-electron chi connectivity index (χ2n) is 8.79. The first-order valence-electron chi connectivity index (χ1n) is 11.2. The van der Waals surface area contributed by atoms with Crippen LogP contribution < -0.4 is 14.4 Å². The van der Waals surface area contributed by atoms with Gasteiger partial charge in [0.25, 0.3) is 5.78 Å². The van der Waals surface area contributed by atoms with E-state index in [1.165, 1.54) is 35.2 Å². The summed E-state index contributed by atoms with van der Waals surface area (Å²) in [6.45, 7) is 5.23. The summed E-state index contributed by atoms with van der Waals surface area (Å²) in [5, 5.41) is 2.41. The van der Waals surface area contributed by atoms with E-state index in [2.05, 4.69) is 5.32 Å². The van der Waals surface area contributed by atoms with Crippen molar-refractivity contribution >= 4 is 25.6 Å². The van der Waals surface area contributed by atoms with Crippen molar-refractivity contribution in [3.8, 4) is 11.5 Å². The predicted molar refractivity (Wildman–Crippen MR) is 132 cm³/mol. The molecule has 36 heavy (non-hydrogen) atoms. The minimum Gasteiger partial charge on any atom is -0.467 e. The fraction of sp³-hybridized carbons (Fsp3) is 0.320. The van der Waals surface area contributed by atoms with Crippen LogP contribution in [0.1, 0.15) is 20.8 Å². The van der Waals surface area contributed by atoms with Crippen LogP contribution in [0.15, 0.2) is 72.8 Å². The van der Waals surface area contributed by atoms with Gasteiger partial charge in [0.05, 0.1) is 7.11 Å². The minimum atomic E-state index is -4.48. The molecule has 2 aromatic rings. The summed E-state index contributed by atoms with van der Waals surface area (Å²) in [6, 6.07) is 15.1. The SMILES string of the molecule is COC(=O)C(NC(=O)[C@@H]1C=CCN1C(=O)OC(C)(C)C)P(=O)(Oc1ccccc1)Oc1ccccc1. The number of rotatable bonds is 8. The third kappa shape index (κ3) is 6.88. The molecule has 0 fully saturated rings. The smallest absolute Gasteiger partial charge is 0.464 e. The van der Waals surface area contributed by atoms with Crippen LogP contribution in [0.5, 0.6) is 11.5 Å². The normalized spacial score (nSPS) is 16.1. The molecule has 0 bridgehead atoms. The molecule has 2 amide bonds. The summed E-state index contributed by atoms with van der Waals surface area (Å²) in [4.78, 5) is 39.9. The van der Waals surface area contributed by atoms with Gasteiger partial charge < -0.3 is 23.8 Å². The molecule has 0 aromatic heterocycles. The number of para-hydroxylation sites is 2. The van der Waals surface area contributed by atoms with Crippen molar-refractivity contribution in [2.24, 2.45) is 0 Å². The summed E-state index contributed by atoms with van der Waals surface area (Å²) in [5.41, 5.74) is -0.780. The second-order valence-corrected chi connectivity index (χ2v) is 10.7. The van der Waals surface area contributed by atoms with E-state index in [-0.39, 0.29) is 18.0 Å². The van der Waals surface area contributed by atoms with Crippen molar-refractivity contribution in [1.29, 1.82) is 0 Å². The lowest BCUT2D eigenvalue weighted by atomic mass is 10.2. The Kier molecular flexibility index (Phi) is 8.42. The first kappa shape index (κ1) is 26.8. The second kappa shape index (κ2) is 11.3. The number of carbonyl (C=O) groups excluding carboxylic acids is 3. The standard InChI is InChI=1S/C25H29N2O8P/c1-25(2,3)33-24(30)27-17-11-16-20(27)21(28)26-22(23(29)32-4)36(31,34-18-12-7-5-8-13-18)35-19-14-9-6-10-15-19/h5-16,20,22H,17H2,1-4H3,(H,26,28)/t20-,22?/m0/s1. The number of hydrogen-bond acceptors (Lipinski definition) is 8. The van der Waals surface area contributed by atoms with E-state index < -0.39 is 43.0 Å². The molecule has 3 rings (SSSR count). The van der Waals surface area contributed by atoms with Gasteiger partial charge in [0.1, 0.15) is 23.1 Å². The van der Waals surface area contributed by atoms with Crippen molar-refractivity contribution in [2.75, 3.05) is 13.7 Å². The van der Waals surface area contributed by atoms with E-state index in [0.29, 0.717) is 0 Å². The fourth-order valence-corrected chi connectivity index (χ4v) is 4.97. The largest absolute Gasteiger partial charge is 0.467 e. The van der Waals surface area contributed by atoms with Crippen molar-refractivity contribution in [3.05, 3.63) is 72.8 Å². The molecule has 2 aromatic carbocycles. The topological polar surface area (TPSA) is 120 Å². The Morgan fingerprint density at radius 3 is 1.97 bits per heavy atom. The van der Waals surface area contributed by atoms with Crippen LogP contribution >= 0.6 is 7.60 Å². The molecule has 0 saturated heterocycles. The van der Waals surface area contributed by atoms with Crippen LogP contribution in [-0.2, 0) is 23.6 Å². The first-order valence-corrected chi connectivity index (χ1v) is 12.8. The Hall–Kier alpha value is -3.78. The molecular formula is C25H29N2O8P. The van der Waals surface area contributed by atoms with Crippen LogP contribution in [-0.4, -0.2) is 54.0 Å². The molecule has 11 heteroatoms. The zero-order chi connectivity index (χ0) is 26.3. The highest BCUT2D eigenvalue weighted by atomic mass is 31.2. The average Bonchev–Trinajstić information content (AvgIpc) is 3.32. The lowest BCUT2D eigenvalue weighted by Crippen LogP contribution is -2.52. The molecule has 0 spiro atoms. The van der Waals surface area contributed by atoms with Gasteiger partial charge in [-0.25, -0.2) is 14.2 Å². The molecule has 1 N–H and O–H groups in total. The number of nitrogens with zero attached hydrogens (tertiary/aromatic N) is 1. The number of carbonyl (C=O) groups is 3. The number of amides is 2. The molecule has 1 aliphatic heterocycles. The Labute approximate surface area is 209 Å². The Morgan fingerprint density at radius 1 is 0.972 bits per heavy atom. The summed E-state index contributed by atoms with van der Waals surface area (Å²) in [7, 11) is -3.40. The molecule has 0 saturated carbocycles. The maximum Gasteiger partial charge on any atom is 0.464 e. The Bertz CT molecular complexity index is 1100. The number of ether oxygens (including phenoxy) is 2. The fourth-order valence-electron chi connectivity index (χ4n) is 3.24. The number of methoxy groups -OCH3 is 1. The lowest BCUT2D eigenvalue weighted by molar-refractivity contribution is -0.143. The number of benzene rings is 2. The lowest BCUT2D eigenvalue weighted by Gasteiger charge is -2.30. The van der Waals surface area contributed by atoms with Crippen LogP contribution in [0.2, 0.25) is 0 Å². The van der Waals surface area contributed by atoms with E-state index in [1.54, 1.807) is 63.2 Å². The molecular weight excluding hydrogens is 487 g/mol. The van der Waals surface area contributed by atoms with Gasteiger partial charge in [-0.05, 0) is 45.0 Å². The van der Waals surface area contributed by atoms with E-state index in [0.717, 1.165) is 7.11 Å². The summed E-state index contributed by atoms with van der Waals surface area (Å²) in [5.74, 6) is -3.39. The third-order valence-corrected chi connectivity index (χ3v) is 6.73. The van der Waals surface area contributed by atoms with Crippen LogP contribution in [0.4, 0.5) is 4.79 Å². The molecule has 0 aliphatic carbocycles. The summed E-state index contributed by atoms with van der Waals surface area (Å²) < 4.78 is 35.7. The molecule has 1 heterocycles. The monoisotopic (exact) mass is 516 g/mol. The van der Waals surface area contributed by atoms with Gasteiger partial charge in [0, 0.05) is 6.54 Å². The van der Waals surface area contributed by atoms with Gasteiger partial charge in [-0.15, -0.1) is 0 Å². The van der Waals surface area contributed by atoms with Gasteiger partial charge in [-0.2, -0.15) is 0 Å². The van der Waals surface area contributed by atoms with E-state index in [9.17, 15) is 18.9 Å². The minimum absolute atomic E-state index is 0.120. The van der Waals surface area contributed by atoms with E-state index in [4.69, 9.17) is 18.5 Å². The quantitative estimate of drug-likeness (QED) is 0.316. The Morgan fingerprint density at radius 2 is 1.50 bits per heavy atom. The molecule has 10 nitrogen and oxygen atoms in total. The third-order valence-electron chi connectivity index (χ3n) is 4.82. The van der Waals surface area contributed by atoms with Gasteiger partial charge >= 0.3 is 19.7 Å². The van der Waals surface area contributed by atoms with E-state index >= 15 is 0 Å². The molecule has 192 valence electrons. The number of hydrogen-bond donors (Lipinski definition) is 1. The van der Waals surface area contributed by atoms with Crippen molar-refractivity contribution in [2.45, 2.75) is 38.2 Å². The molecule has 1 aliphatic rings. The van der Waals surface area contributed by atoms with Crippen molar-refractivity contribution in [1.82, 2.24) is 10.2 Å². The highest BCUT2D eigenvalue weighted by molar-refractivity contribution is 7.56. The van der Waals surface area contributed by atoms with Gasteiger partial charge in [0.2, 0.25) is 5.91 Å². The predicted octanol–water partition coefficient (Wildman–Crippen LogP) is 4.13. The van der Waals surface area contributed by atoms with Gasteiger partial charge in [0.15, 0.2) is 0 Å². The summed E-state index contributed by atoms with van der Waals surface area (Å²) >= 11 is 0. The maximum atomic E-state index is 14.1. The zero-order valence-electron chi connectivity index (χ0n) is 20.5. The molecule has 2 atom stereocenters. The highest BCUT2D eigenvalue weighted by Gasteiger charge is 2.48. The van der Waals surface area contributed by atoms with Crippen molar-refractivity contribution in [3.63, 3.8) is 0 Å². The average molecular weight is 516 g/mol. The Balaban J connectivity index is 1.91. The van der Waals surface area contributed by atoms with Crippen LogP contribution in [0.25, 0.3) is 0 Å². The highest BCUT2D eigenvalue weighted by Crippen LogP contribution is 2.52. The number of esters is 1. The zero-order valence-corrected chi connectivity index (χ0v) is 21.3. The molecule has 0 radical (unpaired) electrons. The maximum absolute atomic E-state index is 14.1. The van der Waals surface area contributed by atoms with Crippen molar-refractivity contribution < 1.29 is 37.5 Å². The van der Waals surface area contributed by atoms with Crippen LogP contribution in [0.3, 0.4) is 0 Å². The molecule has 1 unspecified atom stereocenters.